The highest BCUT2D eigenvalue weighted by molar-refractivity contribution is 6.43. The van der Waals surface area contributed by atoms with E-state index < -0.39 is 19.2 Å². The molecule has 1 aromatic rings. The van der Waals surface area contributed by atoms with Crippen LogP contribution < -0.4 is 5.32 Å². The normalized spacial score (nSPS) is 16.5. The third kappa shape index (κ3) is 12.9. The van der Waals surface area contributed by atoms with Crippen LogP contribution in [-0.2, 0) is 16.0 Å². The molecule has 1 aromatic carbocycles. The number of benzene rings is 1. The highest BCUT2D eigenvalue weighted by Gasteiger charge is 2.28. The Hall–Kier alpha value is -2.57. The van der Waals surface area contributed by atoms with Gasteiger partial charge in [0, 0.05) is 19.0 Å². The summed E-state index contributed by atoms with van der Waals surface area (Å²) in [5, 5.41) is 30.2. The van der Waals surface area contributed by atoms with Crippen LogP contribution in [0, 0.1) is 29.6 Å². The zero-order chi connectivity index (χ0) is 25.0. The second-order valence-electron chi connectivity index (χ2n) is 10.1. The number of aryl methyl sites for hydroxylation is 1. The molecule has 0 radical (unpaired) electrons. The summed E-state index contributed by atoms with van der Waals surface area (Å²) in [6, 6.07) is 9.41. The van der Waals surface area contributed by atoms with E-state index in [0.717, 1.165) is 24.0 Å². The molecular weight excluding hydrogens is 421 g/mol. The van der Waals surface area contributed by atoms with Crippen molar-refractivity contribution in [2.75, 3.05) is 19.7 Å². The molecule has 1 aliphatic rings. The molecule has 2 amide bonds. The van der Waals surface area contributed by atoms with E-state index in [4.69, 9.17) is 10.00 Å². The lowest BCUT2D eigenvalue weighted by molar-refractivity contribution is -0.132. The first-order valence-corrected chi connectivity index (χ1v) is 11.4. The second kappa shape index (κ2) is 13.9. The van der Waals surface area contributed by atoms with Gasteiger partial charge in [-0.2, -0.15) is 5.26 Å². The summed E-state index contributed by atoms with van der Waals surface area (Å²) in [6.07, 6.45) is 0.985. The third-order valence-electron chi connectivity index (χ3n) is 4.79. The molecule has 0 saturated carbocycles. The molecule has 33 heavy (non-hydrogen) atoms. The first-order chi connectivity index (χ1) is 15.4. The number of rotatable bonds is 7. The number of alkyl carbamates (subject to hydrolysis) is 1. The van der Waals surface area contributed by atoms with Crippen molar-refractivity contribution in [1.29, 1.82) is 5.26 Å². The number of piperidine rings is 1. The Bertz CT molecular complexity index is 781. The average molecular weight is 459 g/mol. The van der Waals surface area contributed by atoms with Crippen molar-refractivity contribution in [3.05, 3.63) is 35.4 Å². The Kier molecular flexibility index (Phi) is 12.0. The topological polar surface area (TPSA) is 123 Å². The van der Waals surface area contributed by atoms with Gasteiger partial charge < -0.3 is 25.0 Å². The molecule has 2 unspecified atom stereocenters. The molecule has 0 aromatic heterocycles. The van der Waals surface area contributed by atoms with E-state index in [2.05, 4.69) is 33.0 Å². The Morgan fingerprint density at radius 2 is 1.88 bits per heavy atom. The SMILES string of the molecule is CC(C)(C)C.Cc1ccc(CC(NC(=O)OCC2CCCN(C(=O)CC#N)C2)B(O)O)cc1. The Balaban J connectivity index is 0.000000981. The summed E-state index contributed by atoms with van der Waals surface area (Å²) in [7, 11) is -1.72. The lowest BCUT2D eigenvalue weighted by Gasteiger charge is -2.32. The number of amides is 2. The highest BCUT2D eigenvalue weighted by Crippen LogP contribution is 2.17. The molecule has 1 saturated heterocycles. The molecule has 0 aliphatic carbocycles. The van der Waals surface area contributed by atoms with E-state index in [-0.39, 0.29) is 31.3 Å². The summed E-state index contributed by atoms with van der Waals surface area (Å²) in [4.78, 5) is 25.5. The van der Waals surface area contributed by atoms with Crippen molar-refractivity contribution in [2.45, 2.75) is 66.2 Å². The summed E-state index contributed by atoms with van der Waals surface area (Å²) in [5.74, 6) is -1.11. The molecular formula is C24H38BN3O5. The lowest BCUT2D eigenvalue weighted by atomic mass is 9.76. The lowest BCUT2D eigenvalue weighted by Crippen LogP contribution is -2.48. The number of hydrogen-bond donors (Lipinski definition) is 3. The van der Waals surface area contributed by atoms with Gasteiger partial charge in [0.2, 0.25) is 5.91 Å². The van der Waals surface area contributed by atoms with Crippen molar-refractivity contribution < 1.29 is 24.4 Å². The van der Waals surface area contributed by atoms with Crippen LogP contribution in [0.1, 0.15) is 58.1 Å². The van der Waals surface area contributed by atoms with Crippen LogP contribution in [0.3, 0.4) is 0 Å². The van der Waals surface area contributed by atoms with Crippen LogP contribution in [-0.4, -0.2) is 59.7 Å². The zero-order valence-corrected chi connectivity index (χ0v) is 20.5. The van der Waals surface area contributed by atoms with Crippen LogP contribution in [0.15, 0.2) is 24.3 Å². The molecule has 2 rings (SSSR count). The third-order valence-corrected chi connectivity index (χ3v) is 4.79. The minimum atomic E-state index is -1.72. The molecule has 8 nitrogen and oxygen atoms in total. The van der Waals surface area contributed by atoms with Gasteiger partial charge in [-0.1, -0.05) is 57.5 Å². The van der Waals surface area contributed by atoms with Crippen LogP contribution >= 0.6 is 0 Å². The zero-order valence-electron chi connectivity index (χ0n) is 20.5. The number of nitrogens with zero attached hydrogens (tertiary/aromatic N) is 2. The number of likely N-dealkylation sites (tertiary alicyclic amines) is 1. The maximum absolute atomic E-state index is 12.1. The van der Waals surface area contributed by atoms with Crippen LogP contribution in [0.2, 0.25) is 0 Å². The van der Waals surface area contributed by atoms with Gasteiger partial charge in [0.15, 0.2) is 0 Å². The fraction of sp³-hybridized carbons (Fsp3) is 0.625. The van der Waals surface area contributed by atoms with Crippen molar-refractivity contribution in [3.63, 3.8) is 0 Å². The van der Waals surface area contributed by atoms with Gasteiger partial charge in [-0.3, -0.25) is 4.79 Å². The molecule has 182 valence electrons. The molecule has 0 spiro atoms. The van der Waals surface area contributed by atoms with Crippen molar-refractivity contribution in [1.82, 2.24) is 10.2 Å². The van der Waals surface area contributed by atoms with Gasteiger partial charge in [0.1, 0.15) is 6.42 Å². The first kappa shape index (κ1) is 28.5. The minimum Gasteiger partial charge on any atom is -0.449 e. The molecule has 1 heterocycles. The molecule has 1 fully saturated rings. The number of carbonyl (C=O) groups excluding carboxylic acids is 2. The molecule has 2 atom stereocenters. The Labute approximate surface area is 198 Å². The summed E-state index contributed by atoms with van der Waals surface area (Å²) >= 11 is 0. The fourth-order valence-corrected chi connectivity index (χ4v) is 3.20. The van der Waals surface area contributed by atoms with E-state index in [0.29, 0.717) is 18.5 Å². The predicted molar refractivity (Wildman–Crippen MR) is 128 cm³/mol. The molecule has 3 N–H and O–H groups in total. The highest BCUT2D eigenvalue weighted by atomic mass is 16.5. The summed E-state index contributed by atoms with van der Waals surface area (Å²) < 4.78 is 5.23. The maximum atomic E-state index is 12.1. The smallest absolute Gasteiger partial charge is 0.449 e. The fourth-order valence-electron chi connectivity index (χ4n) is 3.20. The molecule has 1 aliphatic heterocycles. The van der Waals surface area contributed by atoms with Crippen LogP contribution in [0.25, 0.3) is 0 Å². The van der Waals surface area contributed by atoms with Crippen LogP contribution in [0.4, 0.5) is 4.79 Å². The second-order valence-corrected chi connectivity index (χ2v) is 10.1. The summed E-state index contributed by atoms with van der Waals surface area (Å²) in [6.45, 7) is 11.9. The van der Waals surface area contributed by atoms with E-state index in [9.17, 15) is 19.6 Å². The van der Waals surface area contributed by atoms with Gasteiger partial charge in [-0.15, -0.1) is 0 Å². The van der Waals surface area contributed by atoms with E-state index in [1.807, 2.05) is 37.3 Å². The number of nitriles is 1. The van der Waals surface area contributed by atoms with E-state index in [1.165, 1.54) is 0 Å². The standard InChI is InChI=1S/C19H26BN3O5.C5H12/c1-14-4-6-15(7-5-14)11-17(20(26)27)22-19(25)28-13-16-3-2-10-23(12-16)18(24)8-9-21;1-5(2,3)4/h4-7,16-17,26-27H,2-3,8,10-13H2,1H3,(H,22,25);1-4H3. The number of ether oxygens (including phenoxy) is 1. The number of carbonyl (C=O) groups is 2. The monoisotopic (exact) mass is 459 g/mol. The maximum Gasteiger partial charge on any atom is 0.475 e. The van der Waals surface area contributed by atoms with Crippen molar-refractivity contribution in [2.24, 2.45) is 11.3 Å². The van der Waals surface area contributed by atoms with Crippen LogP contribution in [0.5, 0.6) is 0 Å². The predicted octanol–water partition coefficient (Wildman–Crippen LogP) is 2.85. The number of nitrogens with one attached hydrogen (secondary N) is 1. The first-order valence-electron chi connectivity index (χ1n) is 11.4. The Morgan fingerprint density at radius 1 is 1.27 bits per heavy atom. The van der Waals surface area contributed by atoms with Crippen molar-refractivity contribution >= 4 is 19.1 Å². The Morgan fingerprint density at radius 3 is 2.42 bits per heavy atom. The largest absolute Gasteiger partial charge is 0.475 e. The van der Waals surface area contributed by atoms with Gasteiger partial charge in [-0.05, 0) is 37.2 Å². The molecule has 0 bridgehead atoms. The minimum absolute atomic E-state index is 0.00302. The number of hydrogen-bond acceptors (Lipinski definition) is 6. The van der Waals surface area contributed by atoms with Gasteiger partial charge in [0.05, 0.1) is 18.6 Å². The van der Waals surface area contributed by atoms with Gasteiger partial charge in [-0.25, -0.2) is 4.79 Å². The van der Waals surface area contributed by atoms with Gasteiger partial charge >= 0.3 is 13.2 Å². The average Bonchev–Trinajstić information content (AvgIpc) is 2.72. The molecule has 9 heteroatoms. The summed E-state index contributed by atoms with van der Waals surface area (Å²) in [5.41, 5.74) is 2.45. The van der Waals surface area contributed by atoms with Gasteiger partial charge in [0.25, 0.3) is 0 Å². The van der Waals surface area contributed by atoms with E-state index >= 15 is 0 Å². The quantitative estimate of drug-likeness (QED) is 0.539. The van der Waals surface area contributed by atoms with E-state index in [1.54, 1.807) is 4.90 Å². The van der Waals surface area contributed by atoms with Crippen molar-refractivity contribution in [3.8, 4) is 6.07 Å².